The van der Waals surface area contributed by atoms with Crippen molar-refractivity contribution >= 4 is 23.4 Å². The average Bonchev–Trinajstić information content (AvgIpc) is 3.48. The van der Waals surface area contributed by atoms with Crippen LogP contribution >= 0.6 is 23.4 Å². The summed E-state index contributed by atoms with van der Waals surface area (Å²) in [5.74, 6) is 3.43. The number of hydrogen-bond acceptors (Lipinski definition) is 7. The molecule has 0 aliphatic carbocycles. The first-order chi connectivity index (χ1) is 14.2. The fourth-order valence-corrected chi connectivity index (χ4v) is 3.72. The highest BCUT2D eigenvalue weighted by Crippen LogP contribution is 2.28. The summed E-state index contributed by atoms with van der Waals surface area (Å²) < 4.78 is 12.9. The van der Waals surface area contributed by atoms with E-state index in [0.717, 1.165) is 47.4 Å². The predicted molar refractivity (Wildman–Crippen MR) is 111 cm³/mol. The quantitative estimate of drug-likeness (QED) is 0.335. The second-order valence-corrected chi connectivity index (χ2v) is 7.85. The number of thioether (sulfide) groups is 1. The summed E-state index contributed by atoms with van der Waals surface area (Å²) in [4.78, 5) is 4.45. The van der Waals surface area contributed by atoms with Crippen molar-refractivity contribution in [1.82, 2.24) is 24.9 Å². The van der Waals surface area contributed by atoms with E-state index in [0.29, 0.717) is 23.2 Å². The highest BCUT2D eigenvalue weighted by Gasteiger charge is 2.17. The number of rotatable bonds is 9. The number of halogens is 1. The molecule has 3 aromatic heterocycles. The minimum atomic E-state index is 0.520. The molecule has 9 heteroatoms. The first-order valence-corrected chi connectivity index (χ1v) is 10.7. The molecule has 1 aromatic carbocycles. The minimum Gasteiger partial charge on any atom is -0.467 e. The van der Waals surface area contributed by atoms with Gasteiger partial charge in [0, 0.05) is 17.0 Å². The number of furan rings is 1. The van der Waals surface area contributed by atoms with Crippen LogP contribution in [0.25, 0.3) is 11.4 Å². The van der Waals surface area contributed by atoms with Gasteiger partial charge >= 0.3 is 0 Å². The molecule has 29 heavy (non-hydrogen) atoms. The molecule has 7 nitrogen and oxygen atoms in total. The van der Waals surface area contributed by atoms with Crippen molar-refractivity contribution in [3.8, 4) is 11.4 Å². The van der Waals surface area contributed by atoms with Gasteiger partial charge in [-0.2, -0.15) is 4.98 Å². The van der Waals surface area contributed by atoms with E-state index in [2.05, 4.69) is 27.3 Å². The van der Waals surface area contributed by atoms with E-state index in [9.17, 15) is 0 Å². The Kier molecular flexibility index (Phi) is 6.31. The number of benzene rings is 1. The summed E-state index contributed by atoms with van der Waals surface area (Å²) in [5.41, 5.74) is 0.931. The first kappa shape index (κ1) is 19.7. The van der Waals surface area contributed by atoms with Crippen LogP contribution in [0.5, 0.6) is 0 Å². The average molecular weight is 430 g/mol. The number of nitrogens with zero attached hydrogens (tertiary/aromatic N) is 5. The lowest BCUT2D eigenvalue weighted by atomic mass is 10.2. The van der Waals surface area contributed by atoms with Gasteiger partial charge in [0.25, 0.3) is 0 Å². The van der Waals surface area contributed by atoms with Gasteiger partial charge in [-0.15, -0.1) is 10.2 Å². The van der Waals surface area contributed by atoms with Crippen LogP contribution in [-0.2, 0) is 18.7 Å². The Balaban J connectivity index is 1.55. The Bertz CT molecular complexity index is 1040. The molecule has 0 spiro atoms. The number of aryl methyl sites for hydroxylation is 1. The van der Waals surface area contributed by atoms with E-state index in [4.69, 9.17) is 20.5 Å². The summed E-state index contributed by atoms with van der Waals surface area (Å²) in [5, 5.41) is 14.2. The van der Waals surface area contributed by atoms with Gasteiger partial charge < -0.3 is 8.94 Å². The van der Waals surface area contributed by atoms with Crippen molar-refractivity contribution < 1.29 is 8.94 Å². The van der Waals surface area contributed by atoms with Gasteiger partial charge in [-0.25, -0.2) is 0 Å². The Labute approximate surface area is 177 Å². The van der Waals surface area contributed by atoms with Crippen molar-refractivity contribution in [1.29, 1.82) is 0 Å². The van der Waals surface area contributed by atoms with Crippen LogP contribution in [0, 0.1) is 0 Å². The molecule has 3 heterocycles. The predicted octanol–water partition coefficient (Wildman–Crippen LogP) is 5.26. The molecule has 0 atom stereocenters. The Morgan fingerprint density at radius 1 is 1.14 bits per heavy atom. The third-order valence-electron chi connectivity index (χ3n) is 4.30. The van der Waals surface area contributed by atoms with Crippen molar-refractivity contribution in [3.63, 3.8) is 0 Å². The Morgan fingerprint density at radius 2 is 2.00 bits per heavy atom. The number of aromatic nitrogens is 5. The maximum atomic E-state index is 6.03. The molecule has 0 fully saturated rings. The molecule has 0 aliphatic rings. The zero-order valence-corrected chi connectivity index (χ0v) is 17.5. The SMILES string of the molecule is CCCCc1noc(CSc2nnc(-c3ccc(Cl)cc3)n2Cc2ccco2)n1. The lowest BCUT2D eigenvalue weighted by molar-refractivity contribution is 0.384. The number of hydrogen-bond donors (Lipinski definition) is 0. The summed E-state index contributed by atoms with van der Waals surface area (Å²) >= 11 is 7.53. The molecule has 0 N–H and O–H groups in total. The molecule has 0 unspecified atom stereocenters. The second kappa shape index (κ2) is 9.28. The van der Waals surface area contributed by atoms with Gasteiger partial charge in [0.15, 0.2) is 16.8 Å². The van der Waals surface area contributed by atoms with Gasteiger partial charge in [0.1, 0.15) is 5.76 Å². The fraction of sp³-hybridized carbons (Fsp3) is 0.300. The van der Waals surface area contributed by atoms with Gasteiger partial charge in [-0.05, 0) is 42.8 Å². The molecule has 4 aromatic rings. The van der Waals surface area contributed by atoms with E-state index in [-0.39, 0.29) is 0 Å². The van der Waals surface area contributed by atoms with Gasteiger partial charge in [0.2, 0.25) is 5.89 Å². The third kappa shape index (κ3) is 4.89. The normalized spacial score (nSPS) is 11.2. The highest BCUT2D eigenvalue weighted by atomic mass is 35.5. The van der Waals surface area contributed by atoms with Gasteiger partial charge in [-0.3, -0.25) is 4.57 Å². The van der Waals surface area contributed by atoms with Crippen LogP contribution in [0.4, 0.5) is 0 Å². The molecule has 0 aliphatic heterocycles. The van der Waals surface area contributed by atoms with Crippen molar-refractivity contribution in [2.75, 3.05) is 0 Å². The van der Waals surface area contributed by atoms with Crippen LogP contribution in [0.15, 0.2) is 56.8 Å². The zero-order chi connectivity index (χ0) is 20.1. The molecule has 0 radical (unpaired) electrons. The minimum absolute atomic E-state index is 0.520. The maximum Gasteiger partial charge on any atom is 0.237 e. The Morgan fingerprint density at radius 3 is 2.76 bits per heavy atom. The summed E-state index contributed by atoms with van der Waals surface area (Å²) in [6.45, 7) is 2.66. The summed E-state index contributed by atoms with van der Waals surface area (Å²) in [6.07, 6.45) is 4.64. The molecule has 0 bridgehead atoms. The van der Waals surface area contributed by atoms with Crippen molar-refractivity contribution in [2.24, 2.45) is 0 Å². The molecule has 0 amide bonds. The molecular formula is C20H20ClN5O2S. The van der Waals surface area contributed by atoms with E-state index in [1.165, 1.54) is 11.8 Å². The first-order valence-electron chi connectivity index (χ1n) is 9.38. The van der Waals surface area contributed by atoms with E-state index < -0.39 is 0 Å². The third-order valence-corrected chi connectivity index (χ3v) is 5.51. The molecular weight excluding hydrogens is 410 g/mol. The van der Waals surface area contributed by atoms with E-state index >= 15 is 0 Å². The highest BCUT2D eigenvalue weighted by molar-refractivity contribution is 7.98. The summed E-state index contributed by atoms with van der Waals surface area (Å²) in [6, 6.07) is 11.3. The van der Waals surface area contributed by atoms with Crippen LogP contribution < -0.4 is 0 Å². The van der Waals surface area contributed by atoms with Gasteiger partial charge in [0.05, 0.1) is 18.6 Å². The van der Waals surface area contributed by atoms with Crippen LogP contribution in [0.1, 0.15) is 37.2 Å². The lowest BCUT2D eigenvalue weighted by Gasteiger charge is -2.08. The van der Waals surface area contributed by atoms with Crippen LogP contribution in [0.2, 0.25) is 5.02 Å². The molecule has 4 rings (SSSR count). The maximum absolute atomic E-state index is 6.03. The van der Waals surface area contributed by atoms with Crippen molar-refractivity contribution in [2.45, 2.75) is 43.6 Å². The number of unbranched alkanes of at least 4 members (excludes halogenated alkanes) is 1. The summed E-state index contributed by atoms with van der Waals surface area (Å²) in [7, 11) is 0. The van der Waals surface area contributed by atoms with E-state index in [1.54, 1.807) is 6.26 Å². The van der Waals surface area contributed by atoms with E-state index in [1.807, 2.05) is 41.0 Å². The van der Waals surface area contributed by atoms with Gasteiger partial charge in [-0.1, -0.05) is 41.9 Å². The van der Waals surface area contributed by atoms with Crippen molar-refractivity contribution in [3.05, 3.63) is 65.2 Å². The molecule has 0 saturated carbocycles. The fourth-order valence-electron chi connectivity index (χ4n) is 2.82. The Hall–Kier alpha value is -2.58. The molecule has 0 saturated heterocycles. The monoisotopic (exact) mass is 429 g/mol. The zero-order valence-electron chi connectivity index (χ0n) is 15.9. The second-order valence-electron chi connectivity index (χ2n) is 6.48. The standard InChI is InChI=1S/C20H20ClN5O2S/c1-2-3-6-17-22-18(28-25-17)13-29-20-24-23-19(14-7-9-15(21)10-8-14)26(20)12-16-5-4-11-27-16/h4-5,7-11H,2-3,6,12-13H2,1H3. The topological polar surface area (TPSA) is 82.8 Å². The van der Waals surface area contributed by atoms with Crippen LogP contribution in [-0.4, -0.2) is 24.9 Å². The largest absolute Gasteiger partial charge is 0.467 e. The van der Waals surface area contributed by atoms with Crippen LogP contribution in [0.3, 0.4) is 0 Å². The molecule has 150 valence electrons. The lowest BCUT2D eigenvalue weighted by Crippen LogP contribution is -2.03. The smallest absolute Gasteiger partial charge is 0.237 e.